The van der Waals surface area contributed by atoms with Gasteiger partial charge in [-0.3, -0.25) is 4.79 Å². The van der Waals surface area contributed by atoms with Crippen molar-refractivity contribution in [2.24, 2.45) is 0 Å². The highest BCUT2D eigenvalue weighted by Crippen LogP contribution is 2.30. The second-order valence-electron chi connectivity index (χ2n) is 5.37. The molecule has 3 aromatic rings. The molecule has 0 bridgehead atoms. The Hall–Kier alpha value is -2.72. The van der Waals surface area contributed by atoms with Crippen LogP contribution in [0.2, 0.25) is 0 Å². The maximum atomic E-state index is 12.1. The fraction of sp³-hybridized carbons (Fsp3) is 0.0500. The van der Waals surface area contributed by atoms with E-state index in [0.717, 1.165) is 21.0 Å². The Labute approximate surface area is 145 Å². The molecule has 0 atom stereocenters. The second kappa shape index (κ2) is 7.70. The van der Waals surface area contributed by atoms with Gasteiger partial charge in [0.05, 0.1) is 6.42 Å². The van der Waals surface area contributed by atoms with Crippen molar-refractivity contribution in [3.63, 3.8) is 0 Å². The molecule has 0 radical (unpaired) electrons. The van der Waals surface area contributed by atoms with Crippen molar-refractivity contribution in [3.05, 3.63) is 84.4 Å². The van der Waals surface area contributed by atoms with Gasteiger partial charge < -0.3 is 11.1 Å². The van der Waals surface area contributed by atoms with Crippen LogP contribution in [-0.4, -0.2) is 5.91 Å². The number of amides is 1. The average molecular weight is 334 g/mol. The molecule has 0 saturated heterocycles. The van der Waals surface area contributed by atoms with Crippen LogP contribution in [0.25, 0.3) is 0 Å². The molecule has 3 nitrogen and oxygen atoms in total. The lowest BCUT2D eigenvalue weighted by atomic mass is 10.1. The molecule has 0 spiro atoms. The predicted molar refractivity (Wildman–Crippen MR) is 100 cm³/mol. The van der Waals surface area contributed by atoms with Gasteiger partial charge in [-0.2, -0.15) is 0 Å². The third-order valence-corrected chi connectivity index (χ3v) is 4.50. The van der Waals surface area contributed by atoms with E-state index in [9.17, 15) is 4.79 Å². The monoisotopic (exact) mass is 334 g/mol. The van der Waals surface area contributed by atoms with Crippen molar-refractivity contribution < 1.29 is 4.79 Å². The second-order valence-corrected chi connectivity index (χ2v) is 6.51. The van der Waals surface area contributed by atoms with E-state index >= 15 is 0 Å². The van der Waals surface area contributed by atoms with Crippen LogP contribution >= 0.6 is 11.8 Å². The number of nitrogens with one attached hydrogen (secondary N) is 1. The van der Waals surface area contributed by atoms with Gasteiger partial charge in [0, 0.05) is 21.2 Å². The van der Waals surface area contributed by atoms with E-state index in [4.69, 9.17) is 5.73 Å². The van der Waals surface area contributed by atoms with Gasteiger partial charge in [0.25, 0.3) is 0 Å². The van der Waals surface area contributed by atoms with Gasteiger partial charge in [-0.25, -0.2) is 0 Å². The van der Waals surface area contributed by atoms with Crippen molar-refractivity contribution in [1.82, 2.24) is 0 Å². The van der Waals surface area contributed by atoms with Crippen molar-refractivity contribution >= 4 is 29.0 Å². The maximum Gasteiger partial charge on any atom is 0.228 e. The Bertz CT molecular complexity index is 820. The van der Waals surface area contributed by atoms with Crippen LogP contribution in [0.15, 0.2) is 88.7 Å². The number of hydrogen-bond acceptors (Lipinski definition) is 3. The summed E-state index contributed by atoms with van der Waals surface area (Å²) in [6.07, 6.45) is 0.261. The smallest absolute Gasteiger partial charge is 0.228 e. The Morgan fingerprint density at radius 1 is 0.875 bits per heavy atom. The van der Waals surface area contributed by atoms with Crippen LogP contribution in [0, 0.1) is 0 Å². The first-order chi connectivity index (χ1) is 11.7. The number of carbonyl (C=O) groups excluding carboxylic acids is 1. The topological polar surface area (TPSA) is 55.1 Å². The molecule has 0 aliphatic heterocycles. The van der Waals surface area contributed by atoms with Crippen LogP contribution in [0.3, 0.4) is 0 Å². The molecule has 120 valence electrons. The summed E-state index contributed by atoms with van der Waals surface area (Å²) in [6.45, 7) is 0. The highest BCUT2D eigenvalue weighted by Gasteiger charge is 2.08. The van der Waals surface area contributed by atoms with E-state index < -0.39 is 0 Å². The zero-order valence-electron chi connectivity index (χ0n) is 13.1. The molecular formula is C20H18N2OS. The summed E-state index contributed by atoms with van der Waals surface area (Å²) in [4.78, 5) is 14.4. The van der Waals surface area contributed by atoms with Gasteiger partial charge in [0.15, 0.2) is 0 Å². The van der Waals surface area contributed by atoms with E-state index in [2.05, 4.69) is 17.4 Å². The minimum absolute atomic E-state index is 0.0728. The molecule has 1 amide bonds. The van der Waals surface area contributed by atoms with E-state index in [1.807, 2.05) is 66.7 Å². The summed E-state index contributed by atoms with van der Waals surface area (Å²) in [5, 5.41) is 2.87. The molecular weight excluding hydrogens is 316 g/mol. The van der Waals surface area contributed by atoms with E-state index in [0.29, 0.717) is 5.69 Å². The summed E-state index contributed by atoms with van der Waals surface area (Å²) >= 11 is 1.65. The lowest BCUT2D eigenvalue weighted by Gasteiger charge is -2.09. The Kier molecular flexibility index (Phi) is 5.18. The van der Waals surface area contributed by atoms with E-state index in [-0.39, 0.29) is 12.3 Å². The fourth-order valence-electron chi connectivity index (χ4n) is 2.32. The van der Waals surface area contributed by atoms with Crippen LogP contribution in [0.5, 0.6) is 0 Å². The lowest BCUT2D eigenvalue weighted by molar-refractivity contribution is -0.115. The van der Waals surface area contributed by atoms with Gasteiger partial charge in [-0.15, -0.1) is 0 Å². The Morgan fingerprint density at radius 2 is 1.54 bits per heavy atom. The summed E-state index contributed by atoms with van der Waals surface area (Å²) in [5.74, 6) is -0.0728. The van der Waals surface area contributed by atoms with Gasteiger partial charge in [0.1, 0.15) is 0 Å². The van der Waals surface area contributed by atoms with Crippen LogP contribution in [-0.2, 0) is 11.2 Å². The first-order valence-corrected chi connectivity index (χ1v) is 8.48. The van der Waals surface area contributed by atoms with Gasteiger partial charge >= 0.3 is 0 Å². The number of benzene rings is 3. The molecule has 0 aromatic heterocycles. The number of hydrogen-bond donors (Lipinski definition) is 2. The van der Waals surface area contributed by atoms with Gasteiger partial charge in [-0.05, 0) is 42.0 Å². The molecule has 0 fully saturated rings. The molecule has 0 heterocycles. The SMILES string of the molecule is Nc1cc(Sc2ccccc2)ccc1CC(=O)Nc1ccccc1. The zero-order valence-corrected chi connectivity index (χ0v) is 13.9. The number of nitrogens with two attached hydrogens (primary N) is 1. The average Bonchev–Trinajstić information content (AvgIpc) is 2.59. The predicted octanol–water partition coefficient (Wildman–Crippen LogP) is 4.60. The van der Waals surface area contributed by atoms with Crippen LogP contribution in [0.4, 0.5) is 11.4 Å². The van der Waals surface area contributed by atoms with Gasteiger partial charge in [-0.1, -0.05) is 54.2 Å². The molecule has 24 heavy (non-hydrogen) atoms. The van der Waals surface area contributed by atoms with E-state index in [1.54, 1.807) is 11.8 Å². The molecule has 4 heteroatoms. The highest BCUT2D eigenvalue weighted by molar-refractivity contribution is 7.99. The Morgan fingerprint density at radius 3 is 2.21 bits per heavy atom. The minimum Gasteiger partial charge on any atom is -0.398 e. The third-order valence-electron chi connectivity index (χ3n) is 3.50. The Balaban J connectivity index is 1.65. The number of rotatable bonds is 5. The minimum atomic E-state index is -0.0728. The number of carbonyl (C=O) groups is 1. The molecule has 3 aromatic carbocycles. The number of anilines is 2. The first-order valence-electron chi connectivity index (χ1n) is 7.67. The van der Waals surface area contributed by atoms with Crippen LogP contribution < -0.4 is 11.1 Å². The maximum absolute atomic E-state index is 12.1. The molecule has 0 aliphatic rings. The van der Waals surface area contributed by atoms with Crippen molar-refractivity contribution in [3.8, 4) is 0 Å². The van der Waals surface area contributed by atoms with Crippen LogP contribution in [0.1, 0.15) is 5.56 Å². The molecule has 3 rings (SSSR count). The summed E-state index contributed by atoms with van der Waals surface area (Å²) in [7, 11) is 0. The van der Waals surface area contributed by atoms with Gasteiger partial charge in [0.2, 0.25) is 5.91 Å². The quantitative estimate of drug-likeness (QED) is 0.670. The summed E-state index contributed by atoms with van der Waals surface area (Å²) in [6, 6.07) is 25.4. The number of para-hydroxylation sites is 1. The summed E-state index contributed by atoms with van der Waals surface area (Å²) in [5.41, 5.74) is 8.38. The summed E-state index contributed by atoms with van der Waals surface area (Å²) < 4.78 is 0. The lowest BCUT2D eigenvalue weighted by Crippen LogP contribution is -2.15. The van der Waals surface area contributed by atoms with Crippen molar-refractivity contribution in [2.45, 2.75) is 16.2 Å². The standard InChI is InChI=1S/C20H18N2OS/c21-19-14-18(24-17-9-5-2-6-10-17)12-11-15(19)13-20(23)22-16-7-3-1-4-8-16/h1-12,14H,13,21H2,(H,22,23). The van der Waals surface area contributed by atoms with Crippen molar-refractivity contribution in [1.29, 1.82) is 0 Å². The molecule has 0 aliphatic carbocycles. The molecule has 0 unspecified atom stereocenters. The third kappa shape index (κ3) is 4.40. The van der Waals surface area contributed by atoms with E-state index in [1.165, 1.54) is 0 Å². The number of nitrogen functional groups attached to an aromatic ring is 1. The zero-order chi connectivity index (χ0) is 16.8. The fourth-order valence-corrected chi connectivity index (χ4v) is 3.21. The molecule has 3 N–H and O–H groups in total. The highest BCUT2D eigenvalue weighted by atomic mass is 32.2. The largest absolute Gasteiger partial charge is 0.398 e. The first kappa shape index (κ1) is 16.1. The van der Waals surface area contributed by atoms with Crippen molar-refractivity contribution in [2.75, 3.05) is 11.1 Å². The molecule has 0 saturated carbocycles. The normalized spacial score (nSPS) is 10.3.